The topological polar surface area (TPSA) is 115 Å². The maximum atomic E-state index is 13.9. The molecule has 0 aliphatic carbocycles. The molecule has 0 spiro atoms. The molecule has 2 rings (SSSR count). The molecule has 21 heavy (non-hydrogen) atoms. The molecule has 1 N–H and O–H groups in total. The number of aromatic carboxylic acids is 1. The molecule has 0 atom stereocenters. The number of nitro groups is 1. The molecule has 108 valence electrons. The summed E-state index contributed by atoms with van der Waals surface area (Å²) in [4.78, 5) is 32.1. The van der Waals surface area contributed by atoms with Gasteiger partial charge in [0.05, 0.1) is 11.5 Å². The molecule has 9 heteroatoms. The number of nitrogens with zero attached hydrogens (tertiary/aromatic N) is 3. The maximum Gasteiger partial charge on any atom is 0.356 e. The molecule has 0 saturated carbocycles. The highest BCUT2D eigenvalue weighted by Gasteiger charge is 2.18. The van der Waals surface area contributed by atoms with Crippen molar-refractivity contribution in [1.82, 2.24) is 9.78 Å². The number of carbonyl (C=O) groups is 1. The van der Waals surface area contributed by atoms with Crippen LogP contribution in [-0.2, 0) is 6.54 Å². The molecular formula is C12H8FN3O5. The van der Waals surface area contributed by atoms with Crippen LogP contribution < -0.4 is 5.56 Å². The summed E-state index contributed by atoms with van der Waals surface area (Å²) in [6.07, 6.45) is 0. The van der Waals surface area contributed by atoms with Gasteiger partial charge in [-0.15, -0.1) is 0 Å². The second-order valence-corrected chi connectivity index (χ2v) is 4.03. The van der Waals surface area contributed by atoms with Crippen molar-refractivity contribution in [3.8, 4) is 0 Å². The number of carboxylic acid groups (broad SMARTS) is 1. The van der Waals surface area contributed by atoms with E-state index in [1.807, 2.05) is 0 Å². The highest BCUT2D eigenvalue weighted by atomic mass is 19.1. The number of hydrogen-bond donors (Lipinski definition) is 1. The first-order valence-corrected chi connectivity index (χ1v) is 5.63. The van der Waals surface area contributed by atoms with Crippen molar-refractivity contribution in [2.45, 2.75) is 6.54 Å². The first kappa shape index (κ1) is 14.3. The number of aromatic nitrogens is 2. The van der Waals surface area contributed by atoms with E-state index >= 15 is 0 Å². The molecule has 1 aromatic heterocycles. The van der Waals surface area contributed by atoms with Crippen LogP contribution >= 0.6 is 0 Å². The summed E-state index contributed by atoms with van der Waals surface area (Å²) in [6.45, 7) is -0.409. The molecule has 0 fully saturated rings. The van der Waals surface area contributed by atoms with Crippen LogP contribution in [0.4, 0.5) is 10.1 Å². The summed E-state index contributed by atoms with van der Waals surface area (Å²) in [6, 6.07) is 5.51. The molecule has 0 radical (unpaired) electrons. The Labute approximate surface area is 116 Å². The van der Waals surface area contributed by atoms with Crippen LogP contribution in [0.15, 0.2) is 35.1 Å². The number of carboxylic acids is 1. The quantitative estimate of drug-likeness (QED) is 0.665. The Morgan fingerprint density at radius 1 is 1.38 bits per heavy atom. The first-order chi connectivity index (χ1) is 9.90. The molecule has 0 unspecified atom stereocenters. The SMILES string of the molecule is O=C(O)c1ccc(=O)n(Cc2cccc([N+](=O)[O-])c2F)n1. The zero-order valence-corrected chi connectivity index (χ0v) is 10.4. The fourth-order valence-corrected chi connectivity index (χ4v) is 1.67. The van der Waals surface area contributed by atoms with Crippen LogP contribution in [-0.4, -0.2) is 25.8 Å². The maximum absolute atomic E-state index is 13.9. The second-order valence-electron chi connectivity index (χ2n) is 4.03. The summed E-state index contributed by atoms with van der Waals surface area (Å²) < 4.78 is 14.6. The first-order valence-electron chi connectivity index (χ1n) is 5.63. The van der Waals surface area contributed by atoms with E-state index in [-0.39, 0.29) is 11.3 Å². The Morgan fingerprint density at radius 3 is 2.71 bits per heavy atom. The lowest BCUT2D eigenvalue weighted by Gasteiger charge is -2.06. The number of halogens is 1. The zero-order valence-electron chi connectivity index (χ0n) is 10.4. The minimum Gasteiger partial charge on any atom is -0.476 e. The van der Waals surface area contributed by atoms with E-state index in [1.54, 1.807) is 0 Å². The van der Waals surface area contributed by atoms with Gasteiger partial charge in [0.2, 0.25) is 5.82 Å². The number of hydrogen-bond acceptors (Lipinski definition) is 5. The minimum atomic E-state index is -1.34. The average Bonchev–Trinajstić information content (AvgIpc) is 2.42. The highest BCUT2D eigenvalue weighted by molar-refractivity contribution is 5.84. The Kier molecular flexibility index (Phi) is 3.74. The van der Waals surface area contributed by atoms with Gasteiger partial charge in [0, 0.05) is 17.7 Å². The van der Waals surface area contributed by atoms with Gasteiger partial charge in [-0.1, -0.05) is 12.1 Å². The van der Waals surface area contributed by atoms with Gasteiger partial charge in [-0.25, -0.2) is 9.48 Å². The van der Waals surface area contributed by atoms with Crippen LogP contribution in [0, 0.1) is 15.9 Å². The predicted molar refractivity (Wildman–Crippen MR) is 67.6 cm³/mol. The number of benzene rings is 1. The Morgan fingerprint density at radius 2 is 2.10 bits per heavy atom. The van der Waals surface area contributed by atoms with Gasteiger partial charge < -0.3 is 5.11 Å². The van der Waals surface area contributed by atoms with E-state index in [9.17, 15) is 24.1 Å². The molecule has 0 amide bonds. The number of nitro benzene ring substituents is 1. The molecule has 1 aromatic carbocycles. The summed E-state index contributed by atoms with van der Waals surface area (Å²) in [5, 5.41) is 23.0. The van der Waals surface area contributed by atoms with Crippen LogP contribution in [0.5, 0.6) is 0 Å². The number of rotatable bonds is 4. The van der Waals surface area contributed by atoms with Crippen molar-refractivity contribution in [3.05, 3.63) is 67.9 Å². The standard InChI is InChI=1S/C12H8FN3O5/c13-11-7(2-1-3-9(11)16(20)21)6-15-10(17)5-4-8(14-15)12(18)19/h1-5H,6H2,(H,18,19). The Hall–Kier alpha value is -3.10. The fourth-order valence-electron chi connectivity index (χ4n) is 1.67. The smallest absolute Gasteiger partial charge is 0.356 e. The van der Waals surface area contributed by atoms with Crippen molar-refractivity contribution in [2.75, 3.05) is 0 Å². The molecule has 8 nitrogen and oxygen atoms in total. The molecule has 0 aliphatic heterocycles. The fraction of sp³-hybridized carbons (Fsp3) is 0.0833. The predicted octanol–water partition coefficient (Wildman–Crippen LogP) is 1.04. The molecular weight excluding hydrogens is 285 g/mol. The van der Waals surface area contributed by atoms with E-state index in [0.717, 1.165) is 22.9 Å². The van der Waals surface area contributed by atoms with Gasteiger partial charge in [0.15, 0.2) is 5.69 Å². The van der Waals surface area contributed by atoms with Gasteiger partial charge in [-0.3, -0.25) is 14.9 Å². The van der Waals surface area contributed by atoms with E-state index in [4.69, 9.17) is 5.11 Å². The normalized spacial score (nSPS) is 10.3. The third-order valence-corrected chi connectivity index (χ3v) is 2.66. The average molecular weight is 293 g/mol. The van der Waals surface area contributed by atoms with Crippen molar-refractivity contribution in [1.29, 1.82) is 0 Å². The molecule has 0 bridgehead atoms. The third-order valence-electron chi connectivity index (χ3n) is 2.66. The lowest BCUT2D eigenvalue weighted by atomic mass is 10.2. The van der Waals surface area contributed by atoms with Crippen molar-refractivity contribution < 1.29 is 19.2 Å². The van der Waals surface area contributed by atoms with Crippen molar-refractivity contribution in [3.63, 3.8) is 0 Å². The van der Waals surface area contributed by atoms with Crippen LogP contribution in [0.3, 0.4) is 0 Å². The van der Waals surface area contributed by atoms with Gasteiger partial charge >= 0.3 is 11.7 Å². The molecule has 0 aliphatic rings. The lowest BCUT2D eigenvalue weighted by Crippen LogP contribution is -2.25. The van der Waals surface area contributed by atoms with Gasteiger partial charge in [-0.05, 0) is 6.07 Å². The highest BCUT2D eigenvalue weighted by Crippen LogP contribution is 2.20. The minimum absolute atomic E-state index is 0.138. The Bertz CT molecular complexity index is 787. The van der Waals surface area contributed by atoms with E-state index in [0.29, 0.717) is 0 Å². The summed E-state index contributed by atoms with van der Waals surface area (Å²) >= 11 is 0. The van der Waals surface area contributed by atoms with Gasteiger partial charge in [-0.2, -0.15) is 9.49 Å². The lowest BCUT2D eigenvalue weighted by molar-refractivity contribution is -0.387. The summed E-state index contributed by atoms with van der Waals surface area (Å²) in [7, 11) is 0. The Balaban J connectivity index is 2.46. The van der Waals surface area contributed by atoms with Crippen molar-refractivity contribution in [2.24, 2.45) is 0 Å². The van der Waals surface area contributed by atoms with Gasteiger partial charge in [0.1, 0.15) is 0 Å². The molecule has 2 aromatic rings. The molecule has 0 saturated heterocycles. The van der Waals surface area contributed by atoms with Crippen molar-refractivity contribution >= 4 is 11.7 Å². The van der Waals surface area contributed by atoms with E-state index in [1.165, 1.54) is 12.1 Å². The zero-order chi connectivity index (χ0) is 15.6. The monoisotopic (exact) mass is 293 g/mol. The van der Waals surface area contributed by atoms with Crippen LogP contribution in [0.25, 0.3) is 0 Å². The third kappa shape index (κ3) is 2.91. The second kappa shape index (κ2) is 5.49. The van der Waals surface area contributed by atoms with Crippen LogP contribution in [0.1, 0.15) is 16.1 Å². The summed E-state index contributed by atoms with van der Waals surface area (Å²) in [5.41, 5.74) is -1.90. The van der Waals surface area contributed by atoms with Gasteiger partial charge in [0.25, 0.3) is 5.56 Å². The van der Waals surface area contributed by atoms with E-state index < -0.39 is 34.5 Å². The van der Waals surface area contributed by atoms with Crippen LogP contribution in [0.2, 0.25) is 0 Å². The largest absolute Gasteiger partial charge is 0.476 e. The molecule has 1 heterocycles. The van der Waals surface area contributed by atoms with E-state index in [2.05, 4.69) is 5.10 Å². The summed E-state index contributed by atoms with van der Waals surface area (Å²) in [5.74, 6) is -2.43.